The van der Waals surface area contributed by atoms with Crippen LogP contribution in [0.4, 0.5) is 5.69 Å². The maximum Gasteiger partial charge on any atom is 0.0958 e. The summed E-state index contributed by atoms with van der Waals surface area (Å²) >= 11 is 1.63. The fraction of sp³-hybridized carbons (Fsp3) is 0.615. The van der Waals surface area contributed by atoms with Gasteiger partial charge in [-0.05, 0) is 31.2 Å². The van der Waals surface area contributed by atoms with Crippen molar-refractivity contribution in [1.29, 1.82) is 0 Å². The van der Waals surface area contributed by atoms with Crippen LogP contribution >= 0.6 is 11.8 Å². The lowest BCUT2D eigenvalue weighted by atomic mass is 10.00. The fourth-order valence-electron chi connectivity index (χ4n) is 2.36. The summed E-state index contributed by atoms with van der Waals surface area (Å²) in [6.07, 6.45) is 6.11. The number of nitrogens with zero attached hydrogens (tertiary/aromatic N) is 2. The number of hydrogen-bond donors (Lipinski definition) is 1. The second-order valence-corrected chi connectivity index (χ2v) is 5.31. The zero-order valence-electron chi connectivity index (χ0n) is 10.9. The van der Waals surface area contributed by atoms with Gasteiger partial charge in [-0.1, -0.05) is 0 Å². The third-order valence-electron chi connectivity index (χ3n) is 3.47. The number of pyridine rings is 1. The summed E-state index contributed by atoms with van der Waals surface area (Å²) in [4.78, 5) is 6.59. The lowest BCUT2D eigenvalue weighted by Crippen LogP contribution is -2.48. The number of piperidine rings is 1. The third-order valence-corrected chi connectivity index (χ3v) is 4.13. The molecule has 0 radical (unpaired) electrons. The first-order valence-electron chi connectivity index (χ1n) is 6.18. The maximum atomic E-state index is 9.48. The Bertz CT molecular complexity index is 372. The van der Waals surface area contributed by atoms with Crippen LogP contribution in [0.2, 0.25) is 0 Å². The topological polar surface area (TPSA) is 45.6 Å². The Morgan fingerprint density at radius 1 is 1.50 bits per heavy atom. The molecule has 1 aromatic rings. The van der Waals surface area contributed by atoms with Crippen molar-refractivity contribution in [2.45, 2.75) is 30.0 Å². The Balaban J connectivity index is 2.15. The van der Waals surface area contributed by atoms with Crippen molar-refractivity contribution in [3.8, 4) is 0 Å². The molecule has 1 aliphatic heterocycles. The molecule has 1 N–H and O–H groups in total. The number of rotatable bonds is 4. The molecule has 0 saturated carbocycles. The highest BCUT2D eigenvalue weighted by molar-refractivity contribution is 7.98. The summed E-state index contributed by atoms with van der Waals surface area (Å²) in [7, 11) is 1.75. The molecule has 4 nitrogen and oxygen atoms in total. The first-order valence-corrected chi connectivity index (χ1v) is 7.41. The van der Waals surface area contributed by atoms with Crippen molar-refractivity contribution >= 4 is 17.4 Å². The molecule has 5 heteroatoms. The van der Waals surface area contributed by atoms with Crippen molar-refractivity contribution < 1.29 is 9.84 Å². The lowest BCUT2D eigenvalue weighted by Gasteiger charge is -2.39. The van der Waals surface area contributed by atoms with E-state index in [4.69, 9.17) is 4.74 Å². The van der Waals surface area contributed by atoms with Gasteiger partial charge in [0.25, 0.3) is 0 Å². The average Bonchev–Trinajstić information content (AvgIpc) is 2.46. The first-order chi connectivity index (χ1) is 8.78. The summed E-state index contributed by atoms with van der Waals surface area (Å²) in [6, 6.07) is 4.27. The summed E-state index contributed by atoms with van der Waals surface area (Å²) in [5, 5.41) is 10.5. The van der Waals surface area contributed by atoms with Gasteiger partial charge in [-0.15, -0.1) is 11.8 Å². The van der Waals surface area contributed by atoms with Crippen molar-refractivity contribution in [2.24, 2.45) is 0 Å². The predicted molar refractivity (Wildman–Crippen MR) is 74.3 cm³/mol. The molecule has 0 bridgehead atoms. The summed E-state index contributed by atoms with van der Waals surface area (Å²) in [5.41, 5.74) is 1.06. The Hall–Kier alpha value is -0.780. The molecule has 2 atom stereocenters. The highest BCUT2D eigenvalue weighted by Gasteiger charge is 2.28. The molecule has 1 fully saturated rings. The summed E-state index contributed by atoms with van der Waals surface area (Å²) in [5.74, 6) is 0. The highest BCUT2D eigenvalue weighted by Crippen LogP contribution is 2.26. The zero-order chi connectivity index (χ0) is 13.0. The number of thioether (sulfide) groups is 1. The van der Waals surface area contributed by atoms with Crippen LogP contribution in [0.15, 0.2) is 23.4 Å². The molecule has 100 valence electrons. The standard InChI is InChI=1S/C13H20N2O2S/c1-17-12-5-3-11(9-16)15(8-12)10-4-6-13(18-2)14-7-10/h4,6-7,11-12,16H,3,5,8-9H2,1-2H3/t11-,12+/m0/s1. The Morgan fingerprint density at radius 2 is 2.33 bits per heavy atom. The van der Waals surface area contributed by atoms with Crippen molar-refractivity contribution in [1.82, 2.24) is 4.98 Å². The fourth-order valence-corrected chi connectivity index (χ4v) is 2.72. The van der Waals surface area contributed by atoms with Crippen LogP contribution in [0.3, 0.4) is 0 Å². The van der Waals surface area contributed by atoms with Gasteiger partial charge < -0.3 is 14.7 Å². The van der Waals surface area contributed by atoms with E-state index in [1.54, 1.807) is 18.9 Å². The summed E-state index contributed by atoms with van der Waals surface area (Å²) < 4.78 is 5.43. The average molecular weight is 268 g/mol. The van der Waals surface area contributed by atoms with Crippen LogP contribution < -0.4 is 4.90 Å². The van der Waals surface area contributed by atoms with E-state index in [-0.39, 0.29) is 18.8 Å². The Kier molecular flexibility index (Phi) is 4.86. The van der Waals surface area contributed by atoms with E-state index in [0.717, 1.165) is 30.1 Å². The van der Waals surface area contributed by atoms with Gasteiger partial charge in [-0.3, -0.25) is 0 Å². The smallest absolute Gasteiger partial charge is 0.0958 e. The van der Waals surface area contributed by atoms with Gasteiger partial charge in [0, 0.05) is 13.7 Å². The van der Waals surface area contributed by atoms with Gasteiger partial charge >= 0.3 is 0 Å². The quantitative estimate of drug-likeness (QED) is 0.843. The minimum absolute atomic E-state index is 0.179. The van der Waals surface area contributed by atoms with Crippen molar-refractivity contribution in [2.75, 3.05) is 31.4 Å². The summed E-state index contributed by atoms with van der Waals surface area (Å²) in [6.45, 7) is 1.00. The molecule has 0 aliphatic carbocycles. The molecule has 0 amide bonds. The minimum Gasteiger partial charge on any atom is -0.394 e. The van der Waals surface area contributed by atoms with E-state index in [1.807, 2.05) is 18.5 Å². The Morgan fingerprint density at radius 3 is 2.89 bits per heavy atom. The van der Waals surface area contributed by atoms with E-state index in [0.29, 0.717) is 0 Å². The van der Waals surface area contributed by atoms with E-state index in [1.165, 1.54) is 0 Å². The molecule has 2 heterocycles. The molecule has 1 aromatic heterocycles. The molecule has 1 saturated heterocycles. The van der Waals surface area contributed by atoms with Gasteiger partial charge in [-0.25, -0.2) is 4.98 Å². The number of hydrogen-bond acceptors (Lipinski definition) is 5. The molecule has 18 heavy (non-hydrogen) atoms. The normalized spacial score (nSPS) is 24.3. The number of anilines is 1. The number of ether oxygens (including phenoxy) is 1. The molecule has 0 unspecified atom stereocenters. The monoisotopic (exact) mass is 268 g/mol. The van der Waals surface area contributed by atoms with E-state index in [2.05, 4.69) is 16.0 Å². The van der Waals surface area contributed by atoms with Gasteiger partial charge in [0.1, 0.15) is 0 Å². The molecular weight excluding hydrogens is 248 g/mol. The second kappa shape index (κ2) is 6.41. The van der Waals surface area contributed by atoms with Crippen molar-refractivity contribution in [3.63, 3.8) is 0 Å². The van der Waals surface area contributed by atoms with Crippen LogP contribution in [0.5, 0.6) is 0 Å². The number of aliphatic hydroxyl groups is 1. The molecule has 2 rings (SSSR count). The maximum absolute atomic E-state index is 9.48. The lowest BCUT2D eigenvalue weighted by molar-refractivity contribution is 0.0744. The van der Waals surface area contributed by atoms with Crippen LogP contribution in [0.25, 0.3) is 0 Å². The van der Waals surface area contributed by atoms with Crippen LogP contribution in [-0.2, 0) is 4.74 Å². The number of aromatic nitrogens is 1. The molecule has 0 spiro atoms. The third kappa shape index (κ3) is 2.96. The first kappa shape index (κ1) is 13.6. The molecule has 0 aromatic carbocycles. The second-order valence-electron chi connectivity index (χ2n) is 4.48. The predicted octanol–water partition coefficient (Wildman–Crippen LogP) is 1.78. The van der Waals surface area contributed by atoms with Crippen LogP contribution in [-0.4, -0.2) is 48.8 Å². The highest BCUT2D eigenvalue weighted by atomic mass is 32.2. The zero-order valence-corrected chi connectivity index (χ0v) is 11.7. The molecule has 1 aliphatic rings. The Labute approximate surface area is 112 Å². The van der Waals surface area contributed by atoms with Gasteiger partial charge in [0.05, 0.1) is 35.7 Å². The van der Waals surface area contributed by atoms with Gasteiger partial charge in [0.2, 0.25) is 0 Å². The van der Waals surface area contributed by atoms with E-state index >= 15 is 0 Å². The van der Waals surface area contributed by atoms with Gasteiger partial charge in [-0.2, -0.15) is 0 Å². The molecular formula is C13H20N2O2S. The van der Waals surface area contributed by atoms with Crippen LogP contribution in [0, 0.1) is 0 Å². The number of aliphatic hydroxyl groups excluding tert-OH is 1. The number of methoxy groups -OCH3 is 1. The van der Waals surface area contributed by atoms with Gasteiger partial charge in [0.15, 0.2) is 0 Å². The van der Waals surface area contributed by atoms with Crippen molar-refractivity contribution in [3.05, 3.63) is 18.3 Å². The van der Waals surface area contributed by atoms with Crippen LogP contribution in [0.1, 0.15) is 12.8 Å². The largest absolute Gasteiger partial charge is 0.394 e. The van der Waals surface area contributed by atoms with E-state index < -0.39 is 0 Å². The SMILES string of the molecule is CO[C@@H]1CC[C@@H](CO)N(c2ccc(SC)nc2)C1. The van der Waals surface area contributed by atoms with E-state index in [9.17, 15) is 5.11 Å². The minimum atomic E-state index is 0.179.